The zero-order valence-electron chi connectivity index (χ0n) is 10.4. The van der Waals surface area contributed by atoms with Gasteiger partial charge in [0.15, 0.2) is 12.4 Å². The van der Waals surface area contributed by atoms with E-state index in [0.29, 0.717) is 5.56 Å². The van der Waals surface area contributed by atoms with Crippen molar-refractivity contribution in [1.29, 1.82) is 0 Å². The van der Waals surface area contributed by atoms with E-state index in [1.54, 1.807) is 41.2 Å². The molecule has 1 aromatic heterocycles. The highest BCUT2D eigenvalue weighted by Gasteiger charge is 2.11. The number of halogens is 2. The van der Waals surface area contributed by atoms with Crippen molar-refractivity contribution in [3.63, 3.8) is 0 Å². The minimum atomic E-state index is 0. The summed E-state index contributed by atoms with van der Waals surface area (Å²) >= 11 is 3.33. The number of hydrogen-bond acceptors (Lipinski definition) is 3. The predicted molar refractivity (Wildman–Crippen MR) is 74.5 cm³/mol. The second kappa shape index (κ2) is 7.91. The Morgan fingerprint density at radius 1 is 1.20 bits per heavy atom. The Labute approximate surface area is 135 Å². The molecule has 0 saturated heterocycles. The van der Waals surface area contributed by atoms with Crippen molar-refractivity contribution in [2.24, 2.45) is 5.16 Å². The molecule has 2 aromatic rings. The summed E-state index contributed by atoms with van der Waals surface area (Å²) in [5, 5.41) is 11.4. The van der Waals surface area contributed by atoms with Crippen LogP contribution in [0.4, 0.5) is 0 Å². The van der Waals surface area contributed by atoms with Crippen LogP contribution in [0.5, 0.6) is 0 Å². The van der Waals surface area contributed by atoms with Gasteiger partial charge < -0.3 is 22.2 Å². The summed E-state index contributed by atoms with van der Waals surface area (Å²) in [4.78, 5) is 12.0. The van der Waals surface area contributed by atoms with Crippen LogP contribution in [0.3, 0.4) is 0 Å². The Balaban J connectivity index is 0.00000200. The van der Waals surface area contributed by atoms with E-state index in [0.717, 1.165) is 10.0 Å². The number of ketones is 1. The third-order valence-electron chi connectivity index (χ3n) is 2.62. The van der Waals surface area contributed by atoms with Crippen LogP contribution < -0.4 is 21.5 Å². The van der Waals surface area contributed by atoms with Gasteiger partial charge in [-0.1, -0.05) is 33.2 Å². The van der Waals surface area contributed by atoms with Gasteiger partial charge in [0, 0.05) is 27.7 Å². The van der Waals surface area contributed by atoms with E-state index in [9.17, 15) is 4.79 Å². The average Bonchev–Trinajstić information content (AvgIpc) is 2.42. The molecule has 0 aliphatic carbocycles. The molecule has 0 saturated carbocycles. The number of oxime groups is 1. The van der Waals surface area contributed by atoms with Gasteiger partial charge in [-0.25, -0.2) is 0 Å². The fourth-order valence-electron chi connectivity index (χ4n) is 1.62. The summed E-state index contributed by atoms with van der Waals surface area (Å²) in [5.74, 6) is 0.0427. The minimum Gasteiger partial charge on any atom is -1.00 e. The van der Waals surface area contributed by atoms with E-state index < -0.39 is 0 Å². The maximum Gasteiger partial charge on any atom is 0.227 e. The van der Waals surface area contributed by atoms with Crippen molar-refractivity contribution in [2.75, 3.05) is 0 Å². The molecule has 1 aromatic carbocycles. The van der Waals surface area contributed by atoms with E-state index in [4.69, 9.17) is 5.21 Å². The molecule has 0 atom stereocenters. The van der Waals surface area contributed by atoms with Crippen LogP contribution in [0.15, 0.2) is 58.4 Å². The first-order valence-electron chi connectivity index (χ1n) is 5.64. The predicted octanol–water partition coefficient (Wildman–Crippen LogP) is -0.568. The van der Waals surface area contributed by atoms with Gasteiger partial charge in [0.2, 0.25) is 12.3 Å². The molecule has 0 amide bonds. The van der Waals surface area contributed by atoms with Gasteiger partial charge in [0.1, 0.15) is 0 Å². The number of carbonyl (C=O) groups is 1. The third kappa shape index (κ3) is 4.54. The Kier molecular flexibility index (Phi) is 6.54. The molecule has 0 spiro atoms. The molecule has 0 fully saturated rings. The molecule has 1 N–H and O–H groups in total. The van der Waals surface area contributed by atoms with Crippen molar-refractivity contribution in [3.8, 4) is 0 Å². The summed E-state index contributed by atoms with van der Waals surface area (Å²) in [5.41, 5.74) is 1.45. The van der Waals surface area contributed by atoms with E-state index in [-0.39, 0.29) is 29.3 Å². The second-order valence-electron chi connectivity index (χ2n) is 3.98. The average molecular weight is 400 g/mol. The molecule has 0 unspecified atom stereocenters. The molecule has 2 rings (SSSR count). The summed E-state index contributed by atoms with van der Waals surface area (Å²) in [7, 11) is 0. The SMILES string of the molecule is O=C(C[n+]1ccc(/C=N/O)cc1)c1ccc(Br)cc1.[Br-]. The fourth-order valence-corrected chi connectivity index (χ4v) is 1.88. The molecule has 6 heteroatoms. The number of nitrogens with zero attached hydrogens (tertiary/aromatic N) is 2. The van der Waals surface area contributed by atoms with Gasteiger partial charge in [-0.05, 0) is 12.1 Å². The van der Waals surface area contributed by atoms with Crippen molar-refractivity contribution < 1.29 is 31.6 Å². The number of benzene rings is 1. The van der Waals surface area contributed by atoms with Crippen LogP contribution in [-0.4, -0.2) is 17.2 Å². The number of aromatic nitrogens is 1. The van der Waals surface area contributed by atoms with E-state index in [2.05, 4.69) is 21.1 Å². The molecular weight excluding hydrogens is 388 g/mol. The first-order valence-corrected chi connectivity index (χ1v) is 6.43. The lowest BCUT2D eigenvalue weighted by Gasteiger charge is -1.99. The standard InChI is InChI=1S/C14H11BrN2O2.BrH/c15-13-3-1-12(2-4-13)14(18)10-17-7-5-11(6-8-17)9-16-19;/h1-9H,10H2;1H. The van der Waals surface area contributed by atoms with Crippen molar-refractivity contribution in [2.45, 2.75) is 6.54 Å². The number of pyridine rings is 1. The van der Waals surface area contributed by atoms with Gasteiger partial charge in [-0.3, -0.25) is 4.79 Å². The highest BCUT2D eigenvalue weighted by Crippen LogP contribution is 2.10. The third-order valence-corrected chi connectivity index (χ3v) is 3.14. The molecule has 20 heavy (non-hydrogen) atoms. The second-order valence-corrected chi connectivity index (χ2v) is 4.89. The lowest BCUT2D eigenvalue weighted by Crippen LogP contribution is -3.00. The highest BCUT2D eigenvalue weighted by atomic mass is 79.9. The van der Waals surface area contributed by atoms with Gasteiger partial charge in [0.05, 0.1) is 6.21 Å². The largest absolute Gasteiger partial charge is 1.00 e. The van der Waals surface area contributed by atoms with E-state index in [1.807, 2.05) is 12.1 Å². The lowest BCUT2D eigenvalue weighted by molar-refractivity contribution is -0.683. The zero-order chi connectivity index (χ0) is 13.7. The van der Waals surface area contributed by atoms with Gasteiger partial charge in [-0.2, -0.15) is 4.57 Å². The zero-order valence-corrected chi connectivity index (χ0v) is 13.6. The van der Waals surface area contributed by atoms with Gasteiger partial charge in [-0.15, -0.1) is 0 Å². The lowest BCUT2D eigenvalue weighted by atomic mass is 10.1. The van der Waals surface area contributed by atoms with Crippen molar-refractivity contribution in [3.05, 3.63) is 64.4 Å². The molecule has 0 aliphatic heterocycles. The molecule has 0 radical (unpaired) electrons. The van der Waals surface area contributed by atoms with Crippen molar-refractivity contribution >= 4 is 27.9 Å². The summed E-state index contributed by atoms with van der Waals surface area (Å²) in [6.45, 7) is 0.276. The summed E-state index contributed by atoms with van der Waals surface area (Å²) in [6, 6.07) is 10.8. The van der Waals surface area contributed by atoms with Crippen LogP contribution in [0.2, 0.25) is 0 Å². The van der Waals surface area contributed by atoms with Crippen molar-refractivity contribution in [1.82, 2.24) is 0 Å². The summed E-state index contributed by atoms with van der Waals surface area (Å²) < 4.78 is 2.73. The van der Waals surface area contributed by atoms with Crippen LogP contribution in [0.1, 0.15) is 15.9 Å². The fraction of sp³-hybridized carbons (Fsp3) is 0.0714. The topological polar surface area (TPSA) is 53.5 Å². The Bertz CT molecular complexity index is 596. The molecule has 0 bridgehead atoms. The Morgan fingerprint density at radius 3 is 2.35 bits per heavy atom. The molecule has 1 heterocycles. The Morgan fingerprint density at radius 2 is 1.80 bits per heavy atom. The van der Waals surface area contributed by atoms with E-state index in [1.165, 1.54) is 6.21 Å². The smallest absolute Gasteiger partial charge is 0.227 e. The first-order chi connectivity index (χ1) is 9.19. The number of carbonyl (C=O) groups excluding carboxylic acids is 1. The van der Waals surface area contributed by atoms with Crippen LogP contribution in [0, 0.1) is 0 Å². The number of Topliss-reactive ketones (excluding diaryl/α,β-unsaturated/α-hetero) is 1. The monoisotopic (exact) mass is 398 g/mol. The Hall–Kier alpha value is -1.53. The van der Waals surface area contributed by atoms with E-state index >= 15 is 0 Å². The van der Waals surface area contributed by atoms with Gasteiger partial charge >= 0.3 is 0 Å². The number of rotatable bonds is 4. The maximum atomic E-state index is 12.0. The number of hydrogen-bond donors (Lipinski definition) is 1. The molecule has 4 nitrogen and oxygen atoms in total. The quantitative estimate of drug-likeness (QED) is 0.246. The van der Waals surface area contributed by atoms with Gasteiger partial charge in [0.25, 0.3) is 0 Å². The highest BCUT2D eigenvalue weighted by molar-refractivity contribution is 9.10. The molecule has 0 aliphatic rings. The summed E-state index contributed by atoms with van der Waals surface area (Å²) in [6.07, 6.45) is 4.88. The normalized spacial score (nSPS) is 10.2. The van der Waals surface area contributed by atoms with Crippen LogP contribution in [0.25, 0.3) is 0 Å². The van der Waals surface area contributed by atoms with Crippen LogP contribution in [-0.2, 0) is 6.54 Å². The minimum absolute atomic E-state index is 0. The van der Waals surface area contributed by atoms with Crippen LogP contribution >= 0.6 is 15.9 Å². The first kappa shape index (κ1) is 16.5. The molecular formula is C14H12Br2N2O2. The maximum absolute atomic E-state index is 12.0. The molecule has 104 valence electrons.